The fraction of sp³-hybridized carbons (Fsp3) is 1.00. The van der Waals surface area contributed by atoms with E-state index in [0.717, 1.165) is 38.9 Å². The van der Waals surface area contributed by atoms with Crippen molar-refractivity contribution in [1.29, 1.82) is 0 Å². The third kappa shape index (κ3) is 1.49. The molecular formula is C9H17NO2. The van der Waals surface area contributed by atoms with Gasteiger partial charge in [0.15, 0.2) is 0 Å². The number of aliphatic hydroxyl groups excluding tert-OH is 1. The van der Waals surface area contributed by atoms with Crippen LogP contribution < -0.4 is 5.73 Å². The van der Waals surface area contributed by atoms with Gasteiger partial charge in [-0.05, 0) is 31.6 Å². The van der Waals surface area contributed by atoms with Crippen molar-refractivity contribution in [3.05, 3.63) is 0 Å². The summed E-state index contributed by atoms with van der Waals surface area (Å²) in [6.45, 7) is 1.58. The molecule has 1 saturated carbocycles. The van der Waals surface area contributed by atoms with Crippen molar-refractivity contribution < 1.29 is 9.84 Å². The molecule has 2 aliphatic rings. The quantitative estimate of drug-likeness (QED) is 0.627. The predicted molar refractivity (Wildman–Crippen MR) is 45.7 cm³/mol. The first-order chi connectivity index (χ1) is 5.72. The summed E-state index contributed by atoms with van der Waals surface area (Å²) in [4.78, 5) is 0. The van der Waals surface area contributed by atoms with E-state index in [4.69, 9.17) is 10.5 Å². The van der Waals surface area contributed by atoms with Crippen molar-refractivity contribution in [1.82, 2.24) is 0 Å². The Kier molecular flexibility index (Phi) is 2.10. The average Bonchev–Trinajstić information content (AvgIpc) is 2.85. The summed E-state index contributed by atoms with van der Waals surface area (Å²) in [5.41, 5.74) is 5.70. The fourth-order valence-electron chi connectivity index (χ4n) is 1.94. The second-order valence-corrected chi connectivity index (χ2v) is 4.13. The van der Waals surface area contributed by atoms with E-state index in [1.54, 1.807) is 0 Å². The Labute approximate surface area is 72.9 Å². The van der Waals surface area contributed by atoms with E-state index in [2.05, 4.69) is 0 Å². The van der Waals surface area contributed by atoms with Gasteiger partial charge < -0.3 is 15.6 Å². The molecule has 0 radical (unpaired) electrons. The van der Waals surface area contributed by atoms with Gasteiger partial charge in [-0.25, -0.2) is 0 Å². The molecule has 3 heteroatoms. The summed E-state index contributed by atoms with van der Waals surface area (Å²) < 4.78 is 5.23. The average molecular weight is 171 g/mol. The topological polar surface area (TPSA) is 55.5 Å². The Morgan fingerprint density at radius 1 is 1.33 bits per heavy atom. The molecule has 2 fully saturated rings. The molecule has 0 aromatic rings. The molecule has 1 aliphatic carbocycles. The predicted octanol–water partition coefficient (Wildman–Crippen LogP) is 0.265. The minimum atomic E-state index is -0.290. The van der Waals surface area contributed by atoms with Crippen LogP contribution in [0, 0.1) is 5.92 Å². The second-order valence-electron chi connectivity index (χ2n) is 4.13. The Hall–Kier alpha value is -0.120. The van der Waals surface area contributed by atoms with Crippen LogP contribution in [0.15, 0.2) is 0 Å². The minimum absolute atomic E-state index is 0.234. The highest BCUT2D eigenvalue weighted by Gasteiger charge is 2.48. The maximum absolute atomic E-state index is 9.89. The van der Waals surface area contributed by atoms with Crippen molar-refractivity contribution in [2.45, 2.75) is 37.3 Å². The Balaban J connectivity index is 1.89. The first-order valence-electron chi connectivity index (χ1n) is 4.77. The largest absolute Gasteiger partial charge is 0.391 e. The number of hydrogen-bond acceptors (Lipinski definition) is 3. The number of rotatable bonds is 2. The van der Waals surface area contributed by atoms with Crippen LogP contribution in [-0.4, -0.2) is 30.0 Å². The van der Waals surface area contributed by atoms with Crippen molar-refractivity contribution >= 4 is 0 Å². The lowest BCUT2D eigenvalue weighted by Gasteiger charge is -2.30. The van der Waals surface area contributed by atoms with Crippen LogP contribution in [0.5, 0.6) is 0 Å². The maximum atomic E-state index is 9.89. The van der Waals surface area contributed by atoms with E-state index in [1.165, 1.54) is 0 Å². The zero-order valence-electron chi connectivity index (χ0n) is 7.33. The van der Waals surface area contributed by atoms with E-state index in [-0.39, 0.29) is 11.6 Å². The van der Waals surface area contributed by atoms with E-state index in [1.807, 2.05) is 0 Å². The van der Waals surface area contributed by atoms with Crippen molar-refractivity contribution in [2.75, 3.05) is 13.2 Å². The lowest BCUT2D eigenvalue weighted by atomic mass is 9.88. The van der Waals surface area contributed by atoms with Gasteiger partial charge in [0.05, 0.1) is 6.10 Å². The molecule has 3 nitrogen and oxygen atoms in total. The molecule has 0 bridgehead atoms. The third-order valence-electron chi connectivity index (χ3n) is 3.13. The molecule has 0 aromatic carbocycles. The van der Waals surface area contributed by atoms with Crippen molar-refractivity contribution in [2.24, 2.45) is 11.7 Å². The number of nitrogens with two attached hydrogens (primary N) is 1. The zero-order valence-corrected chi connectivity index (χ0v) is 7.33. The van der Waals surface area contributed by atoms with Crippen LogP contribution in [-0.2, 0) is 4.74 Å². The van der Waals surface area contributed by atoms with Crippen LogP contribution in [0.1, 0.15) is 25.7 Å². The summed E-state index contributed by atoms with van der Waals surface area (Å²) in [7, 11) is 0. The highest BCUT2D eigenvalue weighted by Crippen LogP contribution is 2.40. The van der Waals surface area contributed by atoms with Gasteiger partial charge in [0.1, 0.15) is 0 Å². The van der Waals surface area contributed by atoms with Crippen LogP contribution >= 0.6 is 0 Å². The molecule has 1 atom stereocenters. The highest BCUT2D eigenvalue weighted by molar-refractivity contribution is 5.06. The summed E-state index contributed by atoms with van der Waals surface area (Å²) in [5.74, 6) is 0.381. The summed E-state index contributed by atoms with van der Waals surface area (Å²) >= 11 is 0. The van der Waals surface area contributed by atoms with Crippen LogP contribution in [0.2, 0.25) is 0 Å². The lowest BCUT2D eigenvalue weighted by Crippen LogP contribution is -2.44. The molecule has 1 saturated heterocycles. The number of ether oxygens (including phenoxy) is 1. The van der Waals surface area contributed by atoms with Gasteiger partial charge in [0, 0.05) is 18.8 Å². The van der Waals surface area contributed by atoms with E-state index in [9.17, 15) is 5.11 Å². The van der Waals surface area contributed by atoms with Gasteiger partial charge in [-0.3, -0.25) is 0 Å². The molecule has 1 heterocycles. The molecule has 0 spiro atoms. The molecule has 12 heavy (non-hydrogen) atoms. The SMILES string of the molecule is NC1(C(O)C2CCOCC2)CC1. The molecule has 3 N–H and O–H groups in total. The molecule has 1 aliphatic heterocycles. The molecule has 1 unspecified atom stereocenters. The first-order valence-corrected chi connectivity index (χ1v) is 4.77. The normalized spacial score (nSPS) is 31.5. The molecule has 2 rings (SSSR count). The standard InChI is InChI=1S/C9H17NO2/c10-9(3-4-9)8(11)7-1-5-12-6-2-7/h7-8,11H,1-6,10H2. The molecule has 70 valence electrons. The Morgan fingerprint density at radius 2 is 1.92 bits per heavy atom. The van der Waals surface area contributed by atoms with Crippen LogP contribution in [0.4, 0.5) is 0 Å². The van der Waals surface area contributed by atoms with E-state index < -0.39 is 0 Å². The van der Waals surface area contributed by atoms with Crippen LogP contribution in [0.3, 0.4) is 0 Å². The van der Waals surface area contributed by atoms with Gasteiger partial charge in [0.25, 0.3) is 0 Å². The smallest absolute Gasteiger partial charge is 0.0749 e. The summed E-state index contributed by atoms with van der Waals surface area (Å²) in [6, 6.07) is 0. The molecule has 0 amide bonds. The van der Waals surface area contributed by atoms with Gasteiger partial charge >= 0.3 is 0 Å². The summed E-state index contributed by atoms with van der Waals surface area (Å²) in [6.07, 6.45) is 3.64. The summed E-state index contributed by atoms with van der Waals surface area (Å²) in [5, 5.41) is 9.89. The zero-order chi connectivity index (χ0) is 8.60. The minimum Gasteiger partial charge on any atom is -0.391 e. The number of aliphatic hydroxyl groups is 1. The Morgan fingerprint density at radius 3 is 2.42 bits per heavy atom. The van der Waals surface area contributed by atoms with E-state index >= 15 is 0 Å². The molecular weight excluding hydrogens is 154 g/mol. The number of hydrogen-bond donors (Lipinski definition) is 2. The van der Waals surface area contributed by atoms with E-state index in [0.29, 0.717) is 5.92 Å². The Bertz CT molecular complexity index is 162. The van der Waals surface area contributed by atoms with Crippen molar-refractivity contribution in [3.8, 4) is 0 Å². The van der Waals surface area contributed by atoms with Gasteiger partial charge in [-0.15, -0.1) is 0 Å². The van der Waals surface area contributed by atoms with Gasteiger partial charge in [-0.1, -0.05) is 0 Å². The highest BCUT2D eigenvalue weighted by atomic mass is 16.5. The lowest BCUT2D eigenvalue weighted by molar-refractivity contribution is -0.00636. The maximum Gasteiger partial charge on any atom is 0.0749 e. The second kappa shape index (κ2) is 2.98. The first kappa shape index (κ1) is 8.48. The molecule has 0 aromatic heterocycles. The van der Waals surface area contributed by atoms with Crippen molar-refractivity contribution in [3.63, 3.8) is 0 Å². The fourth-order valence-corrected chi connectivity index (χ4v) is 1.94. The third-order valence-corrected chi connectivity index (χ3v) is 3.13. The monoisotopic (exact) mass is 171 g/mol. The van der Waals surface area contributed by atoms with Gasteiger partial charge in [-0.2, -0.15) is 0 Å². The van der Waals surface area contributed by atoms with Gasteiger partial charge in [0.2, 0.25) is 0 Å². The van der Waals surface area contributed by atoms with Crippen LogP contribution in [0.25, 0.3) is 0 Å².